The normalized spacial score (nSPS) is 12.0. The van der Waals surface area contributed by atoms with E-state index < -0.39 is 0 Å². The van der Waals surface area contributed by atoms with E-state index in [1.807, 2.05) is 0 Å². The Kier molecular flexibility index (Phi) is 4.60. The summed E-state index contributed by atoms with van der Waals surface area (Å²) in [5.41, 5.74) is 3.96. The summed E-state index contributed by atoms with van der Waals surface area (Å²) < 4.78 is 5.30. The van der Waals surface area contributed by atoms with Gasteiger partial charge >= 0.3 is 0 Å². The Morgan fingerprint density at radius 3 is 2.50 bits per heavy atom. The van der Waals surface area contributed by atoms with Crippen LogP contribution < -0.4 is 0 Å². The van der Waals surface area contributed by atoms with E-state index in [-0.39, 0.29) is 0 Å². The molecule has 0 unspecified atom stereocenters. The molecule has 1 nitrogen and oxygen atoms in total. The van der Waals surface area contributed by atoms with Crippen molar-refractivity contribution in [3.05, 3.63) is 40.6 Å². The van der Waals surface area contributed by atoms with Crippen molar-refractivity contribution in [2.24, 2.45) is 0 Å². The molecular formula is C15H22O. The monoisotopic (exact) mass is 218 g/mol. The molecule has 0 fully saturated rings. The van der Waals surface area contributed by atoms with Crippen LogP contribution in [0.1, 0.15) is 49.8 Å². The van der Waals surface area contributed by atoms with Crippen molar-refractivity contribution in [1.29, 1.82) is 0 Å². The van der Waals surface area contributed by atoms with Crippen LogP contribution in [0.4, 0.5) is 0 Å². The first-order valence-corrected chi connectivity index (χ1v) is 5.93. The number of hydrogen-bond acceptors (Lipinski definition) is 1. The second-order valence-corrected chi connectivity index (χ2v) is 4.44. The molecule has 1 aromatic rings. The lowest BCUT2D eigenvalue weighted by Gasteiger charge is -2.09. The van der Waals surface area contributed by atoms with E-state index in [4.69, 9.17) is 4.74 Å². The van der Waals surface area contributed by atoms with E-state index in [9.17, 15) is 0 Å². The van der Waals surface area contributed by atoms with Crippen LogP contribution in [0.2, 0.25) is 0 Å². The molecule has 0 amide bonds. The third-order valence-electron chi connectivity index (χ3n) is 2.89. The number of aryl methyl sites for hydroxylation is 1. The highest BCUT2D eigenvalue weighted by Crippen LogP contribution is 2.20. The molecule has 0 aliphatic carbocycles. The van der Waals surface area contributed by atoms with Crippen LogP contribution in [0.5, 0.6) is 0 Å². The molecular weight excluding hydrogens is 196 g/mol. The summed E-state index contributed by atoms with van der Waals surface area (Å²) in [6, 6.07) is 6.64. The van der Waals surface area contributed by atoms with Crippen molar-refractivity contribution >= 4 is 6.08 Å². The molecule has 0 aliphatic rings. The second-order valence-electron chi connectivity index (χ2n) is 4.44. The molecule has 16 heavy (non-hydrogen) atoms. The zero-order valence-corrected chi connectivity index (χ0v) is 11.0. The fourth-order valence-corrected chi connectivity index (χ4v) is 1.70. The summed E-state index contributed by atoms with van der Waals surface area (Å²) in [4.78, 5) is 0. The van der Waals surface area contributed by atoms with Crippen LogP contribution in [0.25, 0.3) is 6.08 Å². The number of allylic oxidation sites excluding steroid dienone is 1. The van der Waals surface area contributed by atoms with E-state index in [1.165, 1.54) is 16.7 Å². The van der Waals surface area contributed by atoms with Gasteiger partial charge in [0.1, 0.15) is 0 Å². The lowest BCUT2D eigenvalue weighted by molar-refractivity contribution is 0.285. The molecule has 0 spiro atoms. The van der Waals surface area contributed by atoms with Gasteiger partial charge in [0, 0.05) is 6.42 Å². The number of benzene rings is 1. The Morgan fingerprint density at radius 1 is 1.38 bits per heavy atom. The highest BCUT2D eigenvalue weighted by molar-refractivity contribution is 5.56. The summed E-state index contributed by atoms with van der Waals surface area (Å²) in [6.07, 6.45) is 3.06. The van der Waals surface area contributed by atoms with Crippen molar-refractivity contribution in [1.82, 2.24) is 0 Å². The summed E-state index contributed by atoms with van der Waals surface area (Å²) >= 11 is 0. The Balaban J connectivity index is 3.04. The van der Waals surface area contributed by atoms with Crippen molar-refractivity contribution < 1.29 is 4.74 Å². The largest absolute Gasteiger partial charge is 0.501 e. The van der Waals surface area contributed by atoms with Crippen LogP contribution in [-0.4, -0.2) is 7.11 Å². The third kappa shape index (κ3) is 3.13. The first-order valence-electron chi connectivity index (χ1n) is 5.93. The zero-order chi connectivity index (χ0) is 12.1. The maximum Gasteiger partial charge on any atom is 0.0958 e. The predicted octanol–water partition coefficient (Wildman–Crippen LogP) is 4.52. The number of rotatable bonds is 4. The van der Waals surface area contributed by atoms with E-state index in [0.717, 1.165) is 12.2 Å². The highest BCUT2D eigenvalue weighted by Gasteiger charge is 2.02. The maximum atomic E-state index is 5.30. The van der Waals surface area contributed by atoms with Crippen molar-refractivity contribution in [3.63, 3.8) is 0 Å². The lowest BCUT2D eigenvalue weighted by atomic mass is 9.97. The highest BCUT2D eigenvalue weighted by atomic mass is 16.5. The van der Waals surface area contributed by atoms with Gasteiger partial charge in [-0.05, 0) is 35.6 Å². The third-order valence-corrected chi connectivity index (χ3v) is 2.89. The molecule has 1 aromatic carbocycles. The smallest absolute Gasteiger partial charge is 0.0958 e. The van der Waals surface area contributed by atoms with E-state index >= 15 is 0 Å². The van der Waals surface area contributed by atoms with Gasteiger partial charge in [0.25, 0.3) is 0 Å². The van der Waals surface area contributed by atoms with Gasteiger partial charge in [0.05, 0.1) is 12.9 Å². The van der Waals surface area contributed by atoms with Gasteiger partial charge in [-0.3, -0.25) is 0 Å². The average molecular weight is 218 g/mol. The molecule has 0 saturated heterocycles. The number of ether oxygens (including phenoxy) is 1. The Hall–Kier alpha value is -1.24. The molecule has 0 saturated carbocycles. The standard InChI is InChI=1S/C15H22O/c1-6-15(16-5)10-14-8-7-13(11(2)3)9-12(14)4/h7-11H,6H2,1-5H3/b15-10+. The first-order chi connectivity index (χ1) is 7.58. The van der Waals surface area contributed by atoms with Gasteiger partial charge in [-0.2, -0.15) is 0 Å². The van der Waals surface area contributed by atoms with Gasteiger partial charge in [-0.1, -0.05) is 39.0 Å². The molecule has 1 heteroatoms. The Morgan fingerprint density at radius 2 is 2.06 bits per heavy atom. The van der Waals surface area contributed by atoms with Crippen molar-refractivity contribution in [2.75, 3.05) is 7.11 Å². The van der Waals surface area contributed by atoms with Crippen LogP contribution in [0.15, 0.2) is 24.0 Å². The molecule has 0 aliphatic heterocycles. The quantitative estimate of drug-likeness (QED) is 0.675. The van der Waals surface area contributed by atoms with E-state index in [1.54, 1.807) is 7.11 Å². The van der Waals surface area contributed by atoms with Crippen molar-refractivity contribution in [2.45, 2.75) is 40.0 Å². The van der Waals surface area contributed by atoms with Crippen molar-refractivity contribution in [3.8, 4) is 0 Å². The van der Waals surface area contributed by atoms with Crippen LogP contribution in [0, 0.1) is 6.92 Å². The summed E-state index contributed by atoms with van der Waals surface area (Å²) in [5.74, 6) is 1.62. The van der Waals surface area contributed by atoms with Gasteiger partial charge in [0.15, 0.2) is 0 Å². The Labute approximate surface area is 99.1 Å². The zero-order valence-electron chi connectivity index (χ0n) is 11.0. The maximum absolute atomic E-state index is 5.30. The molecule has 0 heterocycles. The number of methoxy groups -OCH3 is 1. The van der Waals surface area contributed by atoms with Crippen LogP contribution in [-0.2, 0) is 4.74 Å². The van der Waals surface area contributed by atoms with E-state index in [0.29, 0.717) is 5.92 Å². The molecule has 88 valence electrons. The van der Waals surface area contributed by atoms with Gasteiger partial charge < -0.3 is 4.74 Å². The molecule has 0 N–H and O–H groups in total. The number of hydrogen-bond donors (Lipinski definition) is 0. The summed E-state index contributed by atoms with van der Waals surface area (Å²) in [6.45, 7) is 8.70. The molecule has 0 bridgehead atoms. The topological polar surface area (TPSA) is 9.23 Å². The molecule has 0 radical (unpaired) electrons. The molecule has 0 atom stereocenters. The minimum Gasteiger partial charge on any atom is -0.501 e. The Bertz CT molecular complexity index is 369. The summed E-state index contributed by atoms with van der Waals surface area (Å²) in [5, 5.41) is 0. The molecule has 1 rings (SSSR count). The van der Waals surface area contributed by atoms with Gasteiger partial charge in [-0.15, -0.1) is 0 Å². The first kappa shape index (κ1) is 12.8. The predicted molar refractivity (Wildman–Crippen MR) is 70.5 cm³/mol. The molecule has 0 aromatic heterocycles. The summed E-state index contributed by atoms with van der Waals surface area (Å²) in [7, 11) is 1.73. The fourth-order valence-electron chi connectivity index (χ4n) is 1.70. The lowest BCUT2D eigenvalue weighted by Crippen LogP contribution is -1.91. The SMILES string of the molecule is CC/C(=C\c1ccc(C(C)C)cc1C)OC. The van der Waals surface area contributed by atoms with E-state index in [2.05, 4.69) is 52.0 Å². The van der Waals surface area contributed by atoms with Crippen LogP contribution in [0.3, 0.4) is 0 Å². The minimum absolute atomic E-state index is 0.588. The minimum atomic E-state index is 0.588. The van der Waals surface area contributed by atoms with Gasteiger partial charge in [-0.25, -0.2) is 0 Å². The fraction of sp³-hybridized carbons (Fsp3) is 0.467. The van der Waals surface area contributed by atoms with Crippen LogP contribution >= 0.6 is 0 Å². The second kappa shape index (κ2) is 5.74. The van der Waals surface area contributed by atoms with Gasteiger partial charge in [0.2, 0.25) is 0 Å². The average Bonchev–Trinajstić information content (AvgIpc) is 2.27.